The monoisotopic (exact) mass is 365 g/mol. The first-order valence-corrected chi connectivity index (χ1v) is 8.37. The predicted molar refractivity (Wildman–Crippen MR) is 100 cm³/mol. The van der Waals surface area contributed by atoms with Crippen LogP contribution in [0.2, 0.25) is 0 Å². The lowest BCUT2D eigenvalue weighted by molar-refractivity contribution is 0.102. The van der Waals surface area contributed by atoms with Gasteiger partial charge in [0.05, 0.1) is 17.6 Å². The second kappa shape index (κ2) is 6.61. The molecule has 0 atom stereocenters. The number of benzene rings is 1. The molecule has 1 amide bonds. The first kappa shape index (κ1) is 16.9. The van der Waals surface area contributed by atoms with Gasteiger partial charge >= 0.3 is 0 Å². The Bertz CT molecular complexity index is 1020. The van der Waals surface area contributed by atoms with Crippen LogP contribution in [0, 0.1) is 13.8 Å². The lowest BCUT2D eigenvalue weighted by atomic mass is 10.1. The fourth-order valence-corrected chi connectivity index (χ4v) is 2.82. The van der Waals surface area contributed by atoms with E-state index in [2.05, 4.69) is 26.5 Å². The SMILES string of the molecule is Cc1ccc(C(=O)Nc2ccon2)cc1N1C=C(c2cnn(C)c2C)NN1. The maximum atomic E-state index is 12.4. The third kappa shape index (κ3) is 3.15. The van der Waals surface area contributed by atoms with Crippen molar-refractivity contribution in [2.24, 2.45) is 7.05 Å². The van der Waals surface area contributed by atoms with Crippen LogP contribution in [-0.2, 0) is 7.05 Å². The minimum absolute atomic E-state index is 0.260. The van der Waals surface area contributed by atoms with E-state index in [1.165, 1.54) is 6.26 Å². The van der Waals surface area contributed by atoms with Gasteiger partial charge in [-0.25, -0.2) is 0 Å². The van der Waals surface area contributed by atoms with E-state index in [0.29, 0.717) is 11.4 Å². The Morgan fingerprint density at radius 1 is 1.26 bits per heavy atom. The maximum absolute atomic E-state index is 12.4. The van der Waals surface area contributed by atoms with Crippen LogP contribution in [-0.4, -0.2) is 20.8 Å². The number of hydrogen-bond acceptors (Lipinski definition) is 7. The van der Waals surface area contributed by atoms with Crippen molar-refractivity contribution in [2.75, 3.05) is 10.3 Å². The molecule has 0 bridgehead atoms. The molecular formula is C18H19N7O2. The van der Waals surface area contributed by atoms with Gasteiger partial charge in [-0.2, -0.15) is 5.10 Å². The first-order chi connectivity index (χ1) is 13.0. The smallest absolute Gasteiger partial charge is 0.256 e. The number of aromatic nitrogens is 3. The Morgan fingerprint density at radius 2 is 2.11 bits per heavy atom. The number of anilines is 2. The third-order valence-electron chi connectivity index (χ3n) is 4.50. The Labute approximate surface area is 155 Å². The van der Waals surface area contributed by atoms with Crippen molar-refractivity contribution in [3.05, 3.63) is 65.3 Å². The molecule has 9 heteroatoms. The second-order valence-electron chi connectivity index (χ2n) is 6.26. The van der Waals surface area contributed by atoms with Crippen molar-refractivity contribution < 1.29 is 9.32 Å². The third-order valence-corrected chi connectivity index (χ3v) is 4.50. The van der Waals surface area contributed by atoms with E-state index in [1.807, 2.05) is 55.1 Å². The van der Waals surface area contributed by atoms with Gasteiger partial charge in [0.25, 0.3) is 5.91 Å². The van der Waals surface area contributed by atoms with Crippen LogP contribution in [0.1, 0.15) is 27.2 Å². The number of hydrazine groups is 2. The molecule has 2 aromatic heterocycles. The fraction of sp³-hybridized carbons (Fsp3) is 0.167. The van der Waals surface area contributed by atoms with E-state index >= 15 is 0 Å². The number of rotatable bonds is 4. The molecule has 138 valence electrons. The van der Waals surface area contributed by atoms with Gasteiger partial charge < -0.3 is 15.3 Å². The summed E-state index contributed by atoms with van der Waals surface area (Å²) >= 11 is 0. The van der Waals surface area contributed by atoms with Gasteiger partial charge in [0, 0.05) is 36.1 Å². The minimum Gasteiger partial charge on any atom is -0.363 e. The second-order valence-corrected chi connectivity index (χ2v) is 6.26. The molecule has 3 aromatic rings. The largest absolute Gasteiger partial charge is 0.363 e. The molecule has 0 saturated carbocycles. The van der Waals surface area contributed by atoms with Gasteiger partial charge in [-0.3, -0.25) is 14.5 Å². The fourth-order valence-electron chi connectivity index (χ4n) is 2.82. The number of carbonyl (C=O) groups excluding carboxylic acids is 1. The van der Waals surface area contributed by atoms with Crippen molar-refractivity contribution in [2.45, 2.75) is 13.8 Å². The summed E-state index contributed by atoms with van der Waals surface area (Å²) in [6.45, 7) is 3.99. The molecular weight excluding hydrogens is 346 g/mol. The molecule has 3 N–H and O–H groups in total. The topological polar surface area (TPSA) is 100 Å². The lowest BCUT2D eigenvalue weighted by Crippen LogP contribution is -2.36. The molecule has 4 rings (SSSR count). The zero-order valence-corrected chi connectivity index (χ0v) is 15.1. The van der Waals surface area contributed by atoms with Crippen LogP contribution >= 0.6 is 0 Å². The molecule has 3 heterocycles. The predicted octanol–water partition coefficient (Wildman–Crippen LogP) is 2.11. The lowest BCUT2D eigenvalue weighted by Gasteiger charge is -2.18. The quantitative estimate of drug-likeness (QED) is 0.651. The van der Waals surface area contributed by atoms with Crippen LogP contribution in [0.25, 0.3) is 5.70 Å². The summed E-state index contributed by atoms with van der Waals surface area (Å²) in [6.07, 6.45) is 5.16. The van der Waals surface area contributed by atoms with Crippen molar-refractivity contribution in [3.63, 3.8) is 0 Å². The Balaban J connectivity index is 1.60. The van der Waals surface area contributed by atoms with E-state index < -0.39 is 0 Å². The highest BCUT2D eigenvalue weighted by molar-refractivity contribution is 6.04. The molecule has 0 aliphatic carbocycles. The molecule has 27 heavy (non-hydrogen) atoms. The summed E-state index contributed by atoms with van der Waals surface area (Å²) in [7, 11) is 1.90. The van der Waals surface area contributed by atoms with Gasteiger partial charge in [-0.05, 0) is 31.5 Å². The van der Waals surface area contributed by atoms with Crippen LogP contribution < -0.4 is 21.3 Å². The van der Waals surface area contributed by atoms with E-state index in [9.17, 15) is 4.79 Å². The van der Waals surface area contributed by atoms with Crippen molar-refractivity contribution in [1.29, 1.82) is 0 Å². The summed E-state index contributed by atoms with van der Waals surface area (Å²) in [6, 6.07) is 7.07. The molecule has 0 saturated heterocycles. The van der Waals surface area contributed by atoms with E-state index in [4.69, 9.17) is 4.52 Å². The Morgan fingerprint density at radius 3 is 2.81 bits per heavy atom. The van der Waals surface area contributed by atoms with Crippen LogP contribution in [0.4, 0.5) is 11.5 Å². The Hall–Kier alpha value is -3.59. The summed E-state index contributed by atoms with van der Waals surface area (Å²) in [5.74, 6) is 0.113. The highest BCUT2D eigenvalue weighted by atomic mass is 16.5. The van der Waals surface area contributed by atoms with Gasteiger partial charge in [0.1, 0.15) is 6.26 Å². The van der Waals surface area contributed by atoms with Crippen molar-refractivity contribution >= 4 is 23.1 Å². The van der Waals surface area contributed by atoms with Crippen LogP contribution in [0.5, 0.6) is 0 Å². The number of nitrogens with one attached hydrogen (secondary N) is 3. The van der Waals surface area contributed by atoms with Crippen LogP contribution in [0.15, 0.2) is 47.4 Å². The molecule has 9 nitrogen and oxygen atoms in total. The molecule has 0 radical (unpaired) electrons. The first-order valence-electron chi connectivity index (χ1n) is 8.37. The normalized spacial score (nSPS) is 13.4. The number of hydrogen-bond donors (Lipinski definition) is 3. The van der Waals surface area contributed by atoms with E-state index in [0.717, 1.165) is 28.2 Å². The van der Waals surface area contributed by atoms with Crippen LogP contribution in [0.3, 0.4) is 0 Å². The standard InChI is InChI=1S/C18H19N7O2/c1-11-4-5-13(18(26)20-17-6-7-27-22-17)8-16(11)25-10-15(21-23-25)14-9-19-24(3)12(14)2/h4-10,21,23H,1-3H3,(H,20,22,26). The maximum Gasteiger partial charge on any atom is 0.256 e. The van der Waals surface area contributed by atoms with Gasteiger partial charge in [-0.1, -0.05) is 11.2 Å². The average Bonchev–Trinajstić information content (AvgIpc) is 3.39. The Kier molecular flexibility index (Phi) is 4.13. The molecule has 0 unspecified atom stereocenters. The number of carbonyl (C=O) groups is 1. The number of aryl methyl sites for hydroxylation is 2. The average molecular weight is 365 g/mol. The molecule has 0 spiro atoms. The van der Waals surface area contributed by atoms with Crippen molar-refractivity contribution in [3.8, 4) is 0 Å². The minimum atomic E-state index is -0.260. The highest BCUT2D eigenvalue weighted by Gasteiger charge is 2.20. The van der Waals surface area contributed by atoms with E-state index in [1.54, 1.807) is 12.1 Å². The molecule has 1 aliphatic heterocycles. The molecule has 0 fully saturated rings. The number of nitrogens with zero attached hydrogens (tertiary/aromatic N) is 4. The van der Waals surface area contributed by atoms with Crippen molar-refractivity contribution in [1.82, 2.24) is 25.9 Å². The van der Waals surface area contributed by atoms with Gasteiger partial charge in [0.15, 0.2) is 5.82 Å². The molecule has 1 aliphatic rings. The molecule has 1 aromatic carbocycles. The summed E-state index contributed by atoms with van der Waals surface area (Å²) in [4.78, 5) is 12.4. The summed E-state index contributed by atoms with van der Waals surface area (Å²) < 4.78 is 6.55. The zero-order valence-electron chi connectivity index (χ0n) is 15.1. The number of amides is 1. The van der Waals surface area contributed by atoms with Gasteiger partial charge in [0.2, 0.25) is 0 Å². The summed E-state index contributed by atoms with van der Waals surface area (Å²) in [5, 5.41) is 12.5. The highest BCUT2D eigenvalue weighted by Crippen LogP contribution is 2.26. The van der Waals surface area contributed by atoms with E-state index in [-0.39, 0.29) is 5.91 Å². The van der Waals surface area contributed by atoms with Gasteiger partial charge in [-0.15, -0.1) is 5.53 Å². The summed E-state index contributed by atoms with van der Waals surface area (Å²) in [5.41, 5.74) is 11.6. The zero-order chi connectivity index (χ0) is 19.0.